The number of anilines is 1. The number of carbonyl (C=O) groups is 3. The van der Waals surface area contributed by atoms with Crippen molar-refractivity contribution in [3.05, 3.63) is 29.6 Å². The first-order chi connectivity index (χ1) is 10.5. The molecule has 7 heteroatoms. The second kappa shape index (κ2) is 5.49. The molecule has 1 heterocycles. The van der Waals surface area contributed by atoms with E-state index in [9.17, 15) is 18.8 Å². The molecule has 0 atom stereocenters. The minimum Gasteiger partial charge on any atom is -0.352 e. The fourth-order valence-electron chi connectivity index (χ4n) is 2.45. The molecule has 1 aliphatic heterocycles. The number of benzene rings is 1. The van der Waals surface area contributed by atoms with E-state index < -0.39 is 17.5 Å². The molecule has 2 aliphatic rings. The molecule has 0 radical (unpaired) electrons. The highest BCUT2D eigenvalue weighted by atomic mass is 19.1. The fraction of sp³-hybridized carbons (Fsp3) is 0.400. The van der Waals surface area contributed by atoms with Crippen LogP contribution in [-0.2, 0) is 9.59 Å². The Bertz CT molecular complexity index is 657. The zero-order chi connectivity index (χ0) is 15.9. The minimum atomic E-state index is -0.717. The second-order valence-electron chi connectivity index (χ2n) is 5.72. The van der Waals surface area contributed by atoms with Crippen LogP contribution in [0.15, 0.2) is 18.2 Å². The summed E-state index contributed by atoms with van der Waals surface area (Å²) in [4.78, 5) is 38.5. The number of likely N-dealkylation sites (N-methyl/N-ethyl adjacent to an activating group) is 1. The zero-order valence-corrected chi connectivity index (χ0v) is 12.1. The highest BCUT2D eigenvalue weighted by molar-refractivity contribution is 6.52. The van der Waals surface area contributed by atoms with Gasteiger partial charge in [-0.1, -0.05) is 0 Å². The van der Waals surface area contributed by atoms with Crippen LogP contribution in [-0.4, -0.2) is 48.8 Å². The summed E-state index contributed by atoms with van der Waals surface area (Å²) < 4.78 is 13.2. The number of halogens is 1. The maximum atomic E-state index is 13.2. The molecule has 0 spiro atoms. The molecule has 1 fully saturated rings. The number of fused-ring (bicyclic) bond motifs is 1. The van der Waals surface area contributed by atoms with Gasteiger partial charge in [0.25, 0.3) is 5.78 Å². The smallest absolute Gasteiger partial charge is 0.300 e. The van der Waals surface area contributed by atoms with Gasteiger partial charge < -0.3 is 5.32 Å². The first-order valence-corrected chi connectivity index (χ1v) is 7.09. The molecule has 0 aromatic heterocycles. The molecule has 1 aromatic carbocycles. The van der Waals surface area contributed by atoms with Gasteiger partial charge in [0.15, 0.2) is 0 Å². The van der Waals surface area contributed by atoms with Crippen molar-refractivity contribution in [3.8, 4) is 0 Å². The molecule has 3 rings (SSSR count). The van der Waals surface area contributed by atoms with Gasteiger partial charge in [-0.25, -0.2) is 4.39 Å². The topological polar surface area (TPSA) is 69.7 Å². The summed E-state index contributed by atoms with van der Waals surface area (Å²) in [5.41, 5.74) is 0.451. The van der Waals surface area contributed by atoms with Crippen LogP contribution in [0.1, 0.15) is 23.2 Å². The second-order valence-corrected chi connectivity index (χ2v) is 5.72. The number of nitrogens with one attached hydrogen (secondary N) is 1. The van der Waals surface area contributed by atoms with Gasteiger partial charge in [0.2, 0.25) is 5.91 Å². The highest BCUT2D eigenvalue weighted by Crippen LogP contribution is 2.29. The van der Waals surface area contributed by atoms with Gasteiger partial charge >= 0.3 is 5.91 Å². The molecule has 0 unspecified atom stereocenters. The molecule has 0 saturated heterocycles. The molecular weight excluding hydrogens is 289 g/mol. The quantitative estimate of drug-likeness (QED) is 0.805. The van der Waals surface area contributed by atoms with Gasteiger partial charge in [-0.2, -0.15) is 0 Å². The van der Waals surface area contributed by atoms with E-state index in [-0.39, 0.29) is 30.7 Å². The Balaban J connectivity index is 1.68. The van der Waals surface area contributed by atoms with Crippen LogP contribution in [0.4, 0.5) is 10.1 Å². The van der Waals surface area contributed by atoms with E-state index in [4.69, 9.17) is 0 Å². The summed E-state index contributed by atoms with van der Waals surface area (Å²) in [5, 5.41) is 2.86. The Morgan fingerprint density at radius 3 is 2.82 bits per heavy atom. The third-order valence-electron chi connectivity index (χ3n) is 3.67. The first-order valence-electron chi connectivity index (χ1n) is 7.09. The number of ketones is 1. The van der Waals surface area contributed by atoms with Crippen molar-refractivity contribution in [2.45, 2.75) is 18.9 Å². The molecule has 116 valence electrons. The molecule has 1 aliphatic carbocycles. The van der Waals surface area contributed by atoms with Crippen LogP contribution >= 0.6 is 0 Å². The summed E-state index contributed by atoms with van der Waals surface area (Å²) in [6, 6.07) is 3.96. The number of Topliss-reactive ketones (excluding diaryl/α,β-unsaturated/α-hetero) is 1. The Labute approximate surface area is 126 Å². The van der Waals surface area contributed by atoms with E-state index in [1.165, 1.54) is 17.0 Å². The highest BCUT2D eigenvalue weighted by Gasteiger charge is 2.36. The van der Waals surface area contributed by atoms with Crippen molar-refractivity contribution < 1.29 is 18.8 Å². The zero-order valence-electron chi connectivity index (χ0n) is 12.1. The van der Waals surface area contributed by atoms with Gasteiger partial charge in [0.1, 0.15) is 5.82 Å². The maximum absolute atomic E-state index is 13.2. The van der Waals surface area contributed by atoms with Crippen LogP contribution < -0.4 is 10.2 Å². The number of hydrogen-bond acceptors (Lipinski definition) is 4. The lowest BCUT2D eigenvalue weighted by Gasteiger charge is -2.23. The molecular formula is C15H16FN3O3. The minimum absolute atomic E-state index is 0.0702. The van der Waals surface area contributed by atoms with E-state index in [0.29, 0.717) is 5.69 Å². The van der Waals surface area contributed by atoms with E-state index in [1.54, 1.807) is 11.9 Å². The van der Waals surface area contributed by atoms with Crippen LogP contribution in [0.2, 0.25) is 0 Å². The maximum Gasteiger partial charge on any atom is 0.300 e. The summed E-state index contributed by atoms with van der Waals surface area (Å²) in [5.74, 6) is -2.08. The average Bonchev–Trinajstić information content (AvgIpc) is 3.23. The monoisotopic (exact) mass is 305 g/mol. The number of amides is 2. The largest absolute Gasteiger partial charge is 0.352 e. The van der Waals surface area contributed by atoms with Crippen molar-refractivity contribution in [3.63, 3.8) is 0 Å². The number of hydrogen-bond donors (Lipinski definition) is 1. The standard InChI is InChI=1S/C15H16FN3O3/c1-18(7-13(20)17-10-3-4-10)8-19-12-5-2-9(16)6-11(12)14(21)15(19)22/h2,5-6,10H,3-4,7-8H2,1H3,(H,17,20). The molecule has 2 amide bonds. The molecule has 1 N–H and O–H groups in total. The van der Waals surface area contributed by atoms with Crippen LogP contribution in [0.3, 0.4) is 0 Å². The van der Waals surface area contributed by atoms with Crippen LogP contribution in [0.25, 0.3) is 0 Å². The van der Waals surface area contributed by atoms with Gasteiger partial charge in [-0.15, -0.1) is 0 Å². The van der Waals surface area contributed by atoms with Crippen molar-refractivity contribution >= 4 is 23.3 Å². The van der Waals surface area contributed by atoms with Crippen LogP contribution in [0.5, 0.6) is 0 Å². The Kier molecular flexibility index (Phi) is 3.66. The predicted octanol–water partition coefficient (Wildman–Crippen LogP) is 0.523. The molecule has 1 aromatic rings. The van der Waals surface area contributed by atoms with E-state index in [2.05, 4.69) is 5.32 Å². The SMILES string of the molecule is CN(CC(=O)NC1CC1)CN1C(=O)C(=O)c2cc(F)ccc21. The number of nitrogens with zero attached hydrogens (tertiary/aromatic N) is 2. The molecule has 22 heavy (non-hydrogen) atoms. The summed E-state index contributed by atoms with van der Waals surface area (Å²) in [6.07, 6.45) is 2.01. The van der Waals surface area contributed by atoms with Crippen molar-refractivity contribution in [2.24, 2.45) is 0 Å². The third-order valence-corrected chi connectivity index (χ3v) is 3.67. The van der Waals surface area contributed by atoms with Crippen molar-refractivity contribution in [1.82, 2.24) is 10.2 Å². The van der Waals surface area contributed by atoms with Gasteiger partial charge in [0, 0.05) is 6.04 Å². The lowest BCUT2D eigenvalue weighted by atomic mass is 10.1. The molecule has 1 saturated carbocycles. The van der Waals surface area contributed by atoms with Crippen molar-refractivity contribution in [1.29, 1.82) is 0 Å². The Morgan fingerprint density at radius 1 is 1.41 bits per heavy atom. The lowest BCUT2D eigenvalue weighted by molar-refractivity contribution is -0.122. The Hall–Kier alpha value is -2.28. The van der Waals surface area contributed by atoms with Gasteiger partial charge in [0.05, 0.1) is 24.5 Å². The van der Waals surface area contributed by atoms with E-state index in [0.717, 1.165) is 18.9 Å². The van der Waals surface area contributed by atoms with Gasteiger partial charge in [-0.3, -0.25) is 24.2 Å². The Morgan fingerprint density at radius 2 is 2.14 bits per heavy atom. The predicted molar refractivity (Wildman–Crippen MR) is 76.9 cm³/mol. The van der Waals surface area contributed by atoms with E-state index >= 15 is 0 Å². The van der Waals surface area contributed by atoms with Crippen LogP contribution in [0, 0.1) is 5.82 Å². The first kappa shape index (κ1) is 14.6. The molecule has 0 bridgehead atoms. The summed E-state index contributed by atoms with van der Waals surface area (Å²) in [7, 11) is 1.69. The lowest BCUT2D eigenvalue weighted by Crippen LogP contribution is -2.43. The van der Waals surface area contributed by atoms with Crippen molar-refractivity contribution in [2.75, 3.05) is 25.2 Å². The number of carbonyl (C=O) groups excluding carboxylic acids is 3. The average molecular weight is 305 g/mol. The normalized spacial score (nSPS) is 17.1. The molecule has 6 nitrogen and oxygen atoms in total. The van der Waals surface area contributed by atoms with Gasteiger partial charge in [-0.05, 0) is 38.1 Å². The third kappa shape index (κ3) is 2.85. The van der Waals surface area contributed by atoms with E-state index in [1.807, 2.05) is 0 Å². The number of rotatable bonds is 5. The fourth-order valence-corrected chi connectivity index (χ4v) is 2.45. The summed E-state index contributed by atoms with van der Waals surface area (Å²) >= 11 is 0. The summed E-state index contributed by atoms with van der Waals surface area (Å²) in [6.45, 7) is 0.228.